The Labute approximate surface area is 226 Å². The summed E-state index contributed by atoms with van der Waals surface area (Å²) in [6, 6.07) is 11.3. The van der Waals surface area contributed by atoms with E-state index in [0.717, 1.165) is 23.1 Å². The number of nitrogens with two attached hydrogens (primary N) is 1. The number of nitrogens with one attached hydrogen (secondary N) is 2. The predicted octanol–water partition coefficient (Wildman–Crippen LogP) is 2.15. The summed E-state index contributed by atoms with van der Waals surface area (Å²) >= 11 is 0. The Hall–Kier alpha value is -5.20. The van der Waals surface area contributed by atoms with Crippen LogP contribution in [0.25, 0.3) is 5.78 Å². The van der Waals surface area contributed by atoms with Crippen LogP contribution in [-0.4, -0.2) is 43.1 Å². The molecule has 2 aliphatic rings. The number of aryl methyl sites for hydroxylation is 2. The van der Waals surface area contributed by atoms with Gasteiger partial charge in [-0.3, -0.25) is 9.59 Å². The molecule has 1 aliphatic carbocycles. The summed E-state index contributed by atoms with van der Waals surface area (Å²) in [6.07, 6.45) is 1.50. The van der Waals surface area contributed by atoms with Gasteiger partial charge in [0.25, 0.3) is 17.6 Å². The predicted molar refractivity (Wildman–Crippen MR) is 140 cm³/mol. The Bertz CT molecular complexity index is 1750. The van der Waals surface area contributed by atoms with Crippen LogP contribution < -0.4 is 16.4 Å². The van der Waals surface area contributed by atoms with Crippen molar-refractivity contribution in [3.63, 3.8) is 0 Å². The number of amides is 2. The van der Waals surface area contributed by atoms with E-state index in [1.165, 1.54) is 16.6 Å². The third-order valence-corrected chi connectivity index (χ3v) is 6.90. The molecule has 3 heterocycles. The summed E-state index contributed by atoms with van der Waals surface area (Å²) < 4.78 is 14.8. The van der Waals surface area contributed by atoms with Crippen molar-refractivity contribution in [1.29, 1.82) is 0 Å². The van der Waals surface area contributed by atoms with Crippen molar-refractivity contribution in [2.45, 2.75) is 38.8 Å². The first-order valence-electron chi connectivity index (χ1n) is 12.5. The first-order valence-corrected chi connectivity index (χ1v) is 12.5. The van der Waals surface area contributed by atoms with Gasteiger partial charge in [-0.1, -0.05) is 29.4 Å². The molecule has 0 unspecified atom stereocenters. The van der Waals surface area contributed by atoms with Gasteiger partial charge >= 0.3 is 5.97 Å². The van der Waals surface area contributed by atoms with Crippen molar-refractivity contribution in [3.8, 4) is 0 Å². The molecular formula is C27H23FN8O4. The molecule has 0 saturated heterocycles. The van der Waals surface area contributed by atoms with Crippen LogP contribution in [0.1, 0.15) is 67.7 Å². The van der Waals surface area contributed by atoms with E-state index < -0.39 is 17.8 Å². The molecule has 12 nitrogen and oxygen atoms in total. The molecule has 1 atom stereocenters. The first-order chi connectivity index (χ1) is 19.2. The van der Waals surface area contributed by atoms with E-state index in [0.29, 0.717) is 23.3 Å². The maximum absolute atomic E-state index is 13.6. The van der Waals surface area contributed by atoms with Gasteiger partial charge in [-0.2, -0.15) is 9.50 Å². The largest absolute Gasteiger partial charge is 0.366 e. The van der Waals surface area contributed by atoms with Gasteiger partial charge in [0.05, 0.1) is 18.2 Å². The molecule has 4 aromatic rings. The minimum atomic E-state index is -0.545. The molecule has 13 heteroatoms. The van der Waals surface area contributed by atoms with Crippen molar-refractivity contribution < 1.29 is 23.6 Å². The fourth-order valence-corrected chi connectivity index (χ4v) is 4.89. The lowest BCUT2D eigenvalue weighted by Gasteiger charge is -2.15. The van der Waals surface area contributed by atoms with E-state index in [2.05, 4.69) is 30.9 Å². The van der Waals surface area contributed by atoms with Crippen molar-refractivity contribution in [1.82, 2.24) is 30.2 Å². The van der Waals surface area contributed by atoms with Crippen molar-refractivity contribution in [2.24, 2.45) is 5.16 Å². The average Bonchev–Trinajstić information content (AvgIpc) is 3.65. The maximum Gasteiger partial charge on any atom is 0.341 e. The summed E-state index contributed by atoms with van der Waals surface area (Å²) in [6.45, 7) is 1.77. The summed E-state index contributed by atoms with van der Waals surface area (Å²) in [7, 11) is 0. The molecule has 2 aromatic heterocycles. The summed E-state index contributed by atoms with van der Waals surface area (Å²) in [5.41, 5.74) is 10.3. The van der Waals surface area contributed by atoms with Gasteiger partial charge in [-0.25, -0.2) is 14.2 Å². The van der Waals surface area contributed by atoms with Gasteiger partial charge < -0.3 is 21.2 Å². The van der Waals surface area contributed by atoms with E-state index in [4.69, 9.17) is 10.6 Å². The fourth-order valence-electron chi connectivity index (χ4n) is 4.89. The van der Waals surface area contributed by atoms with E-state index in [1.807, 2.05) is 18.2 Å². The number of oxime groups is 1. The Morgan fingerprint density at radius 3 is 2.77 bits per heavy atom. The number of hydrogen-bond donors (Lipinski definition) is 3. The summed E-state index contributed by atoms with van der Waals surface area (Å²) in [5.74, 6) is -1.85. The highest BCUT2D eigenvalue weighted by atomic mass is 19.1. The lowest BCUT2D eigenvalue weighted by molar-refractivity contribution is -0.140. The zero-order valence-corrected chi connectivity index (χ0v) is 21.3. The van der Waals surface area contributed by atoms with E-state index in [1.54, 1.807) is 19.1 Å². The van der Waals surface area contributed by atoms with Crippen LogP contribution in [0.3, 0.4) is 0 Å². The van der Waals surface area contributed by atoms with Gasteiger partial charge in [0, 0.05) is 18.2 Å². The SMILES string of the molecule is Cc1cc(CNC(=O)c2cc(C(=O)N[C@H]3CCc4cc(C5=NOC(=O)C5)ccc43)n3nc(N)nc3n2)ccc1F. The number of benzene rings is 2. The van der Waals surface area contributed by atoms with E-state index >= 15 is 0 Å². The molecule has 0 spiro atoms. The number of fused-ring (bicyclic) bond motifs is 2. The van der Waals surface area contributed by atoms with Crippen molar-refractivity contribution in [3.05, 3.63) is 87.5 Å². The maximum atomic E-state index is 13.6. The van der Waals surface area contributed by atoms with E-state index in [9.17, 15) is 18.8 Å². The van der Waals surface area contributed by atoms with Gasteiger partial charge in [0.1, 0.15) is 17.2 Å². The molecule has 0 radical (unpaired) electrons. The monoisotopic (exact) mass is 542 g/mol. The second kappa shape index (κ2) is 9.84. The molecule has 2 aromatic carbocycles. The molecule has 40 heavy (non-hydrogen) atoms. The van der Waals surface area contributed by atoms with Gasteiger partial charge in [-0.05, 0) is 54.2 Å². The number of aromatic nitrogens is 4. The standard InChI is InChI=1S/C27H23FN8O4/c1-13-8-14(2-6-18(13)28)12-30-24(38)21-10-22(36-27(32-21)33-26(29)34-36)25(39)31-19-7-4-15-9-16(3-5-17(15)19)20-11-23(37)40-35-20/h2-3,5-6,8-10,19H,4,7,11-12H2,1H3,(H2,29,34)(H,30,38)(H,31,39)/t19-/m0/s1. The minimum absolute atomic E-state index is 0.00139. The van der Waals surface area contributed by atoms with Crippen molar-refractivity contribution >= 4 is 35.2 Å². The summed E-state index contributed by atoms with van der Waals surface area (Å²) in [5, 5.41) is 13.6. The number of halogens is 1. The van der Waals surface area contributed by atoms with Crippen LogP contribution >= 0.6 is 0 Å². The molecule has 202 valence electrons. The van der Waals surface area contributed by atoms with Crippen LogP contribution in [0.5, 0.6) is 0 Å². The number of hydrogen-bond acceptors (Lipinski definition) is 9. The molecule has 0 saturated carbocycles. The zero-order chi connectivity index (χ0) is 28.0. The number of carbonyl (C=O) groups excluding carboxylic acids is 3. The van der Waals surface area contributed by atoms with Crippen LogP contribution in [0.2, 0.25) is 0 Å². The molecule has 6 rings (SSSR count). The van der Waals surface area contributed by atoms with Crippen LogP contribution in [0, 0.1) is 12.7 Å². The average molecular weight is 543 g/mol. The normalized spacial score (nSPS) is 16.0. The summed E-state index contributed by atoms with van der Waals surface area (Å²) in [4.78, 5) is 50.8. The third-order valence-electron chi connectivity index (χ3n) is 6.90. The fraction of sp³-hybridized carbons (Fsp3) is 0.222. The Balaban J connectivity index is 1.22. The third kappa shape index (κ3) is 4.72. The molecule has 1 aliphatic heterocycles. The quantitative estimate of drug-likeness (QED) is 0.312. The highest BCUT2D eigenvalue weighted by Gasteiger charge is 2.28. The topological polar surface area (TPSA) is 166 Å². The lowest BCUT2D eigenvalue weighted by atomic mass is 10.0. The molecule has 0 fully saturated rings. The van der Waals surface area contributed by atoms with Crippen LogP contribution in [-0.2, 0) is 22.6 Å². The number of carbonyl (C=O) groups is 3. The molecular weight excluding hydrogens is 519 g/mol. The Morgan fingerprint density at radius 2 is 2.00 bits per heavy atom. The Morgan fingerprint density at radius 1 is 1.15 bits per heavy atom. The van der Waals surface area contributed by atoms with Gasteiger partial charge in [0.15, 0.2) is 0 Å². The Kier molecular flexibility index (Phi) is 6.17. The lowest BCUT2D eigenvalue weighted by Crippen LogP contribution is -2.30. The molecule has 2 amide bonds. The van der Waals surface area contributed by atoms with Crippen LogP contribution in [0.15, 0.2) is 47.6 Å². The minimum Gasteiger partial charge on any atom is -0.366 e. The van der Waals surface area contributed by atoms with Crippen LogP contribution in [0.4, 0.5) is 10.3 Å². The molecule has 4 N–H and O–H groups in total. The smallest absolute Gasteiger partial charge is 0.341 e. The van der Waals surface area contributed by atoms with Crippen molar-refractivity contribution in [2.75, 3.05) is 5.73 Å². The number of nitrogen functional groups attached to an aromatic ring is 1. The first kappa shape index (κ1) is 25.1. The number of anilines is 1. The molecule has 0 bridgehead atoms. The number of rotatable bonds is 6. The highest BCUT2D eigenvalue weighted by Crippen LogP contribution is 2.32. The second-order valence-corrected chi connectivity index (χ2v) is 9.63. The van der Waals surface area contributed by atoms with Gasteiger partial charge in [-0.15, -0.1) is 5.10 Å². The van der Waals surface area contributed by atoms with E-state index in [-0.39, 0.29) is 47.9 Å². The number of nitrogens with zero attached hydrogens (tertiary/aromatic N) is 5. The van der Waals surface area contributed by atoms with Gasteiger partial charge in [0.2, 0.25) is 5.95 Å². The second-order valence-electron chi connectivity index (χ2n) is 9.63. The zero-order valence-electron chi connectivity index (χ0n) is 21.3. The highest BCUT2D eigenvalue weighted by molar-refractivity contribution is 6.11.